The van der Waals surface area contributed by atoms with Crippen LogP contribution in [0.3, 0.4) is 0 Å². The van der Waals surface area contributed by atoms with Gasteiger partial charge in [0.05, 0.1) is 6.20 Å². The summed E-state index contributed by atoms with van der Waals surface area (Å²) in [5, 5.41) is 19.1. The van der Waals surface area contributed by atoms with E-state index >= 15 is 0 Å². The first-order chi connectivity index (χ1) is 9.69. The van der Waals surface area contributed by atoms with Crippen molar-refractivity contribution in [3.63, 3.8) is 0 Å². The Kier molecular flexibility index (Phi) is 4.73. The highest BCUT2D eigenvalue weighted by molar-refractivity contribution is 5.96. The normalized spacial score (nSPS) is 11.8. The minimum absolute atomic E-state index is 0.126. The van der Waals surface area contributed by atoms with Gasteiger partial charge in [0.1, 0.15) is 0 Å². The molecule has 0 unspecified atom stereocenters. The van der Waals surface area contributed by atoms with Gasteiger partial charge in [-0.05, 0) is 24.1 Å². The molecular formula is C14H19N5O. The van der Waals surface area contributed by atoms with Crippen LogP contribution in [0.15, 0.2) is 41.8 Å². The van der Waals surface area contributed by atoms with Gasteiger partial charge in [-0.25, -0.2) is 0 Å². The molecule has 6 nitrogen and oxygen atoms in total. The molecule has 0 bridgehead atoms. The van der Waals surface area contributed by atoms with Crippen molar-refractivity contribution in [2.45, 2.75) is 13.0 Å². The quantitative estimate of drug-likeness (QED) is 0.239. The average Bonchev–Trinajstić information content (AvgIpc) is 2.89. The molecule has 1 aromatic carbocycles. The number of benzene rings is 1. The topological polar surface area (TPSA) is 88.5 Å². The first-order valence-electron chi connectivity index (χ1n) is 6.44. The van der Waals surface area contributed by atoms with Crippen LogP contribution in [0.1, 0.15) is 16.7 Å². The monoisotopic (exact) mass is 273 g/mol. The lowest BCUT2D eigenvalue weighted by Gasteiger charge is -2.05. The predicted octanol–water partition coefficient (Wildman–Crippen LogP) is 0.847. The maximum atomic E-state index is 8.58. The van der Waals surface area contributed by atoms with Crippen molar-refractivity contribution in [3.8, 4) is 0 Å². The Balaban J connectivity index is 1.77. The van der Waals surface area contributed by atoms with E-state index in [-0.39, 0.29) is 5.84 Å². The molecule has 0 amide bonds. The van der Waals surface area contributed by atoms with Crippen LogP contribution < -0.4 is 11.1 Å². The summed E-state index contributed by atoms with van der Waals surface area (Å²) in [5.74, 6) is 0.126. The third kappa shape index (κ3) is 3.83. The van der Waals surface area contributed by atoms with Crippen molar-refractivity contribution in [2.75, 3.05) is 6.54 Å². The molecule has 2 rings (SSSR count). The predicted molar refractivity (Wildman–Crippen MR) is 77.6 cm³/mol. The summed E-state index contributed by atoms with van der Waals surface area (Å²) in [7, 11) is 1.92. The highest BCUT2D eigenvalue weighted by Gasteiger charge is 2.00. The van der Waals surface area contributed by atoms with Crippen molar-refractivity contribution in [1.29, 1.82) is 0 Å². The van der Waals surface area contributed by atoms with E-state index in [0.717, 1.165) is 25.1 Å². The van der Waals surface area contributed by atoms with Gasteiger partial charge in [-0.2, -0.15) is 5.10 Å². The standard InChI is InChI=1S/C14H19N5O/c1-19-10-12(9-17-19)6-7-16-8-11-2-4-13(5-3-11)14(15)18-20/h2-5,9-10,16,20H,6-8H2,1H3,(H2,15,18). The van der Waals surface area contributed by atoms with Crippen molar-refractivity contribution in [3.05, 3.63) is 53.3 Å². The number of aryl methyl sites for hydroxylation is 1. The SMILES string of the molecule is Cn1cc(CCNCc2ccc(/C(N)=N/O)cc2)cn1. The van der Waals surface area contributed by atoms with Crippen LogP contribution in [0, 0.1) is 0 Å². The van der Waals surface area contributed by atoms with Crippen molar-refractivity contribution >= 4 is 5.84 Å². The van der Waals surface area contributed by atoms with Crippen LogP contribution in [-0.2, 0) is 20.0 Å². The number of nitrogens with zero attached hydrogens (tertiary/aromatic N) is 3. The van der Waals surface area contributed by atoms with E-state index in [1.807, 2.05) is 43.7 Å². The summed E-state index contributed by atoms with van der Waals surface area (Å²) in [5.41, 5.74) is 8.61. The van der Waals surface area contributed by atoms with Crippen molar-refractivity contribution < 1.29 is 5.21 Å². The van der Waals surface area contributed by atoms with E-state index < -0.39 is 0 Å². The molecule has 0 spiro atoms. The summed E-state index contributed by atoms with van der Waals surface area (Å²) in [4.78, 5) is 0. The van der Waals surface area contributed by atoms with Gasteiger partial charge in [0.25, 0.3) is 0 Å². The second-order valence-electron chi connectivity index (χ2n) is 4.63. The number of nitrogens with one attached hydrogen (secondary N) is 1. The summed E-state index contributed by atoms with van der Waals surface area (Å²) in [6.45, 7) is 1.68. The maximum Gasteiger partial charge on any atom is 0.170 e. The molecule has 0 radical (unpaired) electrons. The lowest BCUT2D eigenvalue weighted by atomic mass is 10.1. The zero-order valence-corrected chi connectivity index (χ0v) is 11.5. The summed E-state index contributed by atoms with van der Waals surface area (Å²) < 4.78 is 1.81. The number of aromatic nitrogens is 2. The Morgan fingerprint density at radius 3 is 2.70 bits per heavy atom. The molecule has 20 heavy (non-hydrogen) atoms. The number of hydrogen-bond donors (Lipinski definition) is 3. The van der Waals surface area contributed by atoms with Crippen molar-refractivity contribution in [1.82, 2.24) is 15.1 Å². The van der Waals surface area contributed by atoms with Crippen LogP contribution in [0.4, 0.5) is 0 Å². The minimum Gasteiger partial charge on any atom is -0.409 e. The molecule has 0 aliphatic rings. The molecule has 0 atom stereocenters. The van der Waals surface area contributed by atoms with Crippen LogP contribution in [0.5, 0.6) is 0 Å². The van der Waals surface area contributed by atoms with Gasteiger partial charge in [0.2, 0.25) is 0 Å². The van der Waals surface area contributed by atoms with Crippen molar-refractivity contribution in [2.24, 2.45) is 17.9 Å². The van der Waals surface area contributed by atoms with Gasteiger partial charge in [0, 0.05) is 25.4 Å². The first kappa shape index (κ1) is 14.1. The number of nitrogens with two attached hydrogens (primary N) is 1. The third-order valence-corrected chi connectivity index (χ3v) is 3.04. The Morgan fingerprint density at radius 1 is 1.35 bits per heavy atom. The minimum atomic E-state index is 0.126. The molecule has 0 saturated heterocycles. The fourth-order valence-corrected chi connectivity index (χ4v) is 1.92. The summed E-state index contributed by atoms with van der Waals surface area (Å²) in [6.07, 6.45) is 4.86. The highest BCUT2D eigenvalue weighted by atomic mass is 16.4. The average molecular weight is 273 g/mol. The molecule has 0 saturated carbocycles. The number of hydrogen-bond acceptors (Lipinski definition) is 4. The highest BCUT2D eigenvalue weighted by Crippen LogP contribution is 2.04. The molecule has 0 aliphatic heterocycles. The van der Waals surface area contributed by atoms with Gasteiger partial charge in [-0.15, -0.1) is 0 Å². The van der Waals surface area contributed by atoms with E-state index in [1.165, 1.54) is 5.56 Å². The fraction of sp³-hybridized carbons (Fsp3) is 0.286. The fourth-order valence-electron chi connectivity index (χ4n) is 1.92. The van der Waals surface area contributed by atoms with Crippen LogP contribution in [0.2, 0.25) is 0 Å². The third-order valence-electron chi connectivity index (χ3n) is 3.04. The van der Waals surface area contributed by atoms with E-state index in [0.29, 0.717) is 5.56 Å². The Hall–Kier alpha value is -2.34. The largest absolute Gasteiger partial charge is 0.409 e. The molecule has 1 heterocycles. The Bertz CT molecular complexity index is 574. The number of rotatable bonds is 6. The van der Waals surface area contributed by atoms with Crippen LogP contribution >= 0.6 is 0 Å². The number of amidine groups is 1. The van der Waals surface area contributed by atoms with Gasteiger partial charge >= 0.3 is 0 Å². The van der Waals surface area contributed by atoms with Crippen LogP contribution in [0.25, 0.3) is 0 Å². The Morgan fingerprint density at radius 2 is 2.10 bits per heavy atom. The van der Waals surface area contributed by atoms with E-state index in [9.17, 15) is 0 Å². The van der Waals surface area contributed by atoms with E-state index in [1.54, 1.807) is 4.68 Å². The summed E-state index contributed by atoms with van der Waals surface area (Å²) >= 11 is 0. The zero-order valence-electron chi connectivity index (χ0n) is 11.5. The molecule has 6 heteroatoms. The number of oxime groups is 1. The smallest absolute Gasteiger partial charge is 0.170 e. The second-order valence-corrected chi connectivity index (χ2v) is 4.63. The molecular weight excluding hydrogens is 254 g/mol. The molecule has 106 valence electrons. The molecule has 4 N–H and O–H groups in total. The maximum absolute atomic E-state index is 8.58. The molecule has 1 aromatic heterocycles. The second kappa shape index (κ2) is 6.72. The van der Waals surface area contributed by atoms with E-state index in [4.69, 9.17) is 10.9 Å². The summed E-state index contributed by atoms with van der Waals surface area (Å²) in [6, 6.07) is 7.61. The van der Waals surface area contributed by atoms with Gasteiger partial charge in [-0.3, -0.25) is 4.68 Å². The van der Waals surface area contributed by atoms with Gasteiger partial charge < -0.3 is 16.3 Å². The molecule has 0 fully saturated rings. The molecule has 2 aromatic rings. The lowest BCUT2D eigenvalue weighted by Crippen LogP contribution is -2.17. The molecule has 0 aliphatic carbocycles. The Labute approximate surface area is 117 Å². The first-order valence-corrected chi connectivity index (χ1v) is 6.44. The zero-order chi connectivity index (χ0) is 14.4. The van der Waals surface area contributed by atoms with E-state index in [2.05, 4.69) is 15.6 Å². The van der Waals surface area contributed by atoms with Gasteiger partial charge in [-0.1, -0.05) is 29.4 Å². The lowest BCUT2D eigenvalue weighted by molar-refractivity contribution is 0.318. The van der Waals surface area contributed by atoms with Crippen LogP contribution in [-0.4, -0.2) is 27.4 Å². The van der Waals surface area contributed by atoms with Gasteiger partial charge in [0.15, 0.2) is 5.84 Å².